The van der Waals surface area contributed by atoms with Crippen molar-refractivity contribution in [3.8, 4) is 0 Å². The Morgan fingerprint density at radius 2 is 2.08 bits per heavy atom. The average molecular weight is 337 g/mol. The summed E-state index contributed by atoms with van der Waals surface area (Å²) < 4.78 is 27.2. The maximum atomic E-state index is 13.8. The van der Waals surface area contributed by atoms with Gasteiger partial charge in [0.05, 0.1) is 6.54 Å². The van der Waals surface area contributed by atoms with E-state index < -0.39 is 11.6 Å². The molecule has 1 aromatic rings. The number of fused-ring (bicyclic) bond motifs is 1. The summed E-state index contributed by atoms with van der Waals surface area (Å²) in [6.07, 6.45) is 2.16. The highest BCUT2D eigenvalue weighted by molar-refractivity contribution is 5.82. The number of hydrogen-bond acceptors (Lipinski definition) is 3. The Kier molecular flexibility index (Phi) is 4.69. The molecule has 0 aromatic heterocycles. The van der Waals surface area contributed by atoms with Gasteiger partial charge in [-0.25, -0.2) is 8.78 Å². The molecule has 0 spiro atoms. The van der Waals surface area contributed by atoms with E-state index in [0.29, 0.717) is 37.3 Å². The van der Waals surface area contributed by atoms with Crippen molar-refractivity contribution in [2.24, 2.45) is 0 Å². The number of likely N-dealkylation sites (tertiary alicyclic amines) is 1. The zero-order valence-electron chi connectivity index (χ0n) is 13.6. The maximum absolute atomic E-state index is 13.8. The van der Waals surface area contributed by atoms with Crippen LogP contribution in [0.2, 0.25) is 0 Å². The number of piperidine rings is 1. The molecular weight excluding hydrogens is 316 g/mol. The minimum absolute atomic E-state index is 0.0269. The fourth-order valence-corrected chi connectivity index (χ4v) is 3.52. The Morgan fingerprint density at radius 3 is 2.83 bits per heavy atom. The van der Waals surface area contributed by atoms with Crippen molar-refractivity contribution in [1.82, 2.24) is 10.2 Å². The Labute approximate surface area is 139 Å². The van der Waals surface area contributed by atoms with Gasteiger partial charge in [-0.05, 0) is 25.3 Å². The van der Waals surface area contributed by atoms with E-state index in [1.165, 1.54) is 13.0 Å². The van der Waals surface area contributed by atoms with Gasteiger partial charge in [-0.3, -0.25) is 9.59 Å². The van der Waals surface area contributed by atoms with Crippen molar-refractivity contribution in [2.75, 3.05) is 31.1 Å². The lowest BCUT2D eigenvalue weighted by atomic mass is 10.1. The number of anilines is 1. The van der Waals surface area contributed by atoms with Crippen molar-refractivity contribution < 1.29 is 18.4 Å². The Morgan fingerprint density at radius 1 is 1.29 bits per heavy atom. The molecule has 1 aromatic carbocycles. The molecule has 0 bridgehead atoms. The zero-order valence-corrected chi connectivity index (χ0v) is 13.6. The van der Waals surface area contributed by atoms with Gasteiger partial charge in [-0.2, -0.15) is 0 Å². The molecule has 2 amide bonds. The topological polar surface area (TPSA) is 52.7 Å². The third-order valence-corrected chi connectivity index (χ3v) is 4.62. The minimum atomic E-state index is -0.630. The lowest BCUT2D eigenvalue weighted by molar-refractivity contribution is -0.132. The first-order chi connectivity index (χ1) is 11.4. The van der Waals surface area contributed by atoms with Crippen molar-refractivity contribution >= 4 is 17.5 Å². The molecule has 130 valence electrons. The molecule has 2 aliphatic rings. The van der Waals surface area contributed by atoms with Crippen LogP contribution >= 0.6 is 0 Å². The molecular formula is C17H21F2N3O2. The van der Waals surface area contributed by atoms with E-state index in [9.17, 15) is 18.4 Å². The van der Waals surface area contributed by atoms with E-state index in [-0.39, 0.29) is 24.4 Å². The van der Waals surface area contributed by atoms with E-state index in [1.54, 1.807) is 9.80 Å². The molecule has 1 N–H and O–H groups in total. The second-order valence-corrected chi connectivity index (χ2v) is 6.44. The first kappa shape index (κ1) is 16.7. The summed E-state index contributed by atoms with van der Waals surface area (Å²) in [4.78, 5) is 27.2. The Balaban J connectivity index is 1.65. The number of rotatable bonds is 3. The summed E-state index contributed by atoms with van der Waals surface area (Å²) in [5.41, 5.74) is 0.940. The second-order valence-electron chi connectivity index (χ2n) is 6.44. The molecule has 24 heavy (non-hydrogen) atoms. The number of hydrogen-bond donors (Lipinski definition) is 1. The van der Waals surface area contributed by atoms with E-state index >= 15 is 0 Å². The van der Waals surface area contributed by atoms with Crippen molar-refractivity contribution in [3.63, 3.8) is 0 Å². The van der Waals surface area contributed by atoms with Crippen LogP contribution in [-0.2, 0) is 16.0 Å². The number of amides is 2. The summed E-state index contributed by atoms with van der Waals surface area (Å²) in [6.45, 7) is 3.20. The Bertz CT molecular complexity index is 665. The lowest BCUT2D eigenvalue weighted by Gasteiger charge is -2.34. The molecule has 1 saturated heterocycles. The third-order valence-electron chi connectivity index (χ3n) is 4.62. The van der Waals surface area contributed by atoms with Gasteiger partial charge in [0.15, 0.2) is 0 Å². The number of nitrogens with one attached hydrogen (secondary N) is 1. The Hall–Kier alpha value is -2.18. The van der Waals surface area contributed by atoms with Gasteiger partial charge in [-0.15, -0.1) is 0 Å². The zero-order chi connectivity index (χ0) is 17.3. The van der Waals surface area contributed by atoms with Crippen LogP contribution in [0.1, 0.15) is 25.3 Å². The van der Waals surface area contributed by atoms with E-state index in [0.717, 1.165) is 18.9 Å². The molecule has 0 saturated carbocycles. The number of halogens is 2. The van der Waals surface area contributed by atoms with E-state index in [4.69, 9.17) is 0 Å². The van der Waals surface area contributed by atoms with Crippen LogP contribution in [-0.4, -0.2) is 48.9 Å². The molecule has 2 aliphatic heterocycles. The quantitative estimate of drug-likeness (QED) is 0.908. The summed E-state index contributed by atoms with van der Waals surface area (Å²) in [7, 11) is 0. The van der Waals surface area contributed by atoms with Gasteiger partial charge < -0.3 is 15.1 Å². The van der Waals surface area contributed by atoms with Gasteiger partial charge in [0, 0.05) is 49.9 Å². The fraction of sp³-hybridized carbons (Fsp3) is 0.529. The van der Waals surface area contributed by atoms with Gasteiger partial charge in [0.25, 0.3) is 0 Å². The number of carbonyl (C=O) groups is 2. The third kappa shape index (κ3) is 3.49. The van der Waals surface area contributed by atoms with Gasteiger partial charge in [0.2, 0.25) is 11.8 Å². The van der Waals surface area contributed by atoms with Crippen LogP contribution in [0.5, 0.6) is 0 Å². The number of benzene rings is 1. The summed E-state index contributed by atoms with van der Waals surface area (Å²) >= 11 is 0. The van der Waals surface area contributed by atoms with Gasteiger partial charge >= 0.3 is 0 Å². The molecule has 0 radical (unpaired) electrons. The molecule has 3 rings (SSSR count). The normalized spacial score (nSPS) is 20.0. The van der Waals surface area contributed by atoms with E-state index in [2.05, 4.69) is 5.32 Å². The molecule has 7 heteroatoms. The smallest absolute Gasteiger partial charge is 0.242 e. The maximum Gasteiger partial charge on any atom is 0.242 e. The van der Waals surface area contributed by atoms with Crippen LogP contribution in [0.15, 0.2) is 12.1 Å². The van der Waals surface area contributed by atoms with Crippen LogP contribution < -0.4 is 10.2 Å². The molecule has 0 aliphatic carbocycles. The van der Waals surface area contributed by atoms with Crippen molar-refractivity contribution in [2.45, 2.75) is 32.2 Å². The predicted octanol–water partition coefficient (Wildman–Crippen LogP) is 1.45. The highest BCUT2D eigenvalue weighted by Crippen LogP contribution is 2.31. The molecule has 5 nitrogen and oxygen atoms in total. The van der Waals surface area contributed by atoms with Crippen molar-refractivity contribution in [1.29, 1.82) is 0 Å². The second kappa shape index (κ2) is 6.75. The van der Waals surface area contributed by atoms with Crippen LogP contribution in [0, 0.1) is 11.6 Å². The van der Waals surface area contributed by atoms with Crippen LogP contribution in [0.3, 0.4) is 0 Å². The summed E-state index contributed by atoms with van der Waals surface area (Å²) in [5, 5.41) is 2.85. The van der Waals surface area contributed by atoms with Crippen LogP contribution in [0.4, 0.5) is 14.5 Å². The van der Waals surface area contributed by atoms with Gasteiger partial charge in [-0.1, -0.05) is 0 Å². The first-order valence-corrected chi connectivity index (χ1v) is 8.22. The molecule has 2 heterocycles. The number of nitrogens with zero attached hydrogens (tertiary/aromatic N) is 2. The largest absolute Gasteiger partial charge is 0.361 e. The SMILES string of the molecule is CC(=O)NC1CCCN(C(=O)CN2CCc3c(F)cc(F)cc32)C1. The monoisotopic (exact) mass is 337 g/mol. The standard InChI is InChI=1S/C17H21F2N3O2/c1-11(23)20-13-3-2-5-22(9-13)17(24)10-21-6-4-14-15(19)7-12(18)8-16(14)21/h7-8,13H,2-6,9-10H2,1H3,(H,20,23). The molecule has 1 fully saturated rings. The summed E-state index contributed by atoms with van der Waals surface area (Å²) in [5.74, 6) is -1.37. The average Bonchev–Trinajstić information content (AvgIpc) is 2.90. The summed E-state index contributed by atoms with van der Waals surface area (Å²) in [6, 6.07) is 2.14. The highest BCUT2D eigenvalue weighted by atomic mass is 19.1. The van der Waals surface area contributed by atoms with E-state index in [1.807, 2.05) is 0 Å². The highest BCUT2D eigenvalue weighted by Gasteiger charge is 2.29. The van der Waals surface area contributed by atoms with Gasteiger partial charge in [0.1, 0.15) is 11.6 Å². The minimum Gasteiger partial charge on any atom is -0.361 e. The number of carbonyl (C=O) groups excluding carboxylic acids is 2. The first-order valence-electron chi connectivity index (χ1n) is 8.22. The van der Waals surface area contributed by atoms with Crippen LogP contribution in [0.25, 0.3) is 0 Å². The predicted molar refractivity (Wildman–Crippen MR) is 85.7 cm³/mol. The lowest BCUT2D eigenvalue weighted by Crippen LogP contribution is -2.51. The fourth-order valence-electron chi connectivity index (χ4n) is 3.52. The molecule has 1 atom stereocenters. The molecule has 1 unspecified atom stereocenters. The van der Waals surface area contributed by atoms with Crippen molar-refractivity contribution in [3.05, 3.63) is 29.3 Å².